The SMILES string of the molecule is CCCC(C)c1nc2c(NC(c3ccccc3)(c3ccccc3)c3ccccc3)nc3cc(Cc4ccccc4)ccc3c2n1CC(C)(C)OCCCOS(=O)(=O)NC(=O)OC(C)(C)C. The van der Waals surface area contributed by atoms with Crippen molar-refractivity contribution in [1.82, 2.24) is 19.3 Å². The Morgan fingerprint density at radius 1 is 0.738 bits per heavy atom. The highest BCUT2D eigenvalue weighted by Crippen LogP contribution is 2.43. The summed E-state index contributed by atoms with van der Waals surface area (Å²) in [4.78, 5) is 23.2. The van der Waals surface area contributed by atoms with Crippen molar-refractivity contribution in [3.8, 4) is 0 Å². The summed E-state index contributed by atoms with van der Waals surface area (Å²) >= 11 is 0. The van der Waals surface area contributed by atoms with Gasteiger partial charge in [-0.3, -0.25) is 4.18 Å². The molecule has 0 aliphatic rings. The number of nitrogens with one attached hydrogen (secondary N) is 2. The maximum absolute atomic E-state index is 12.5. The topological polar surface area (TPSA) is 134 Å². The molecular weight excluding hydrogens is 835 g/mol. The third-order valence-electron chi connectivity index (χ3n) is 11.3. The third kappa shape index (κ3) is 11.4. The molecule has 2 aromatic heterocycles. The fourth-order valence-corrected chi connectivity index (χ4v) is 9.11. The number of pyridine rings is 1. The van der Waals surface area contributed by atoms with E-state index >= 15 is 0 Å². The average molecular weight is 896 g/mol. The molecule has 0 radical (unpaired) electrons. The fraction of sp³-hybridized carbons (Fsp3) is 0.340. The second-order valence-electron chi connectivity index (χ2n) is 18.2. The number of aromatic nitrogens is 3. The number of rotatable bonds is 19. The second-order valence-corrected chi connectivity index (χ2v) is 19.6. The number of carbonyl (C=O) groups excluding carboxylic acids is 1. The number of nitrogens with zero attached hydrogens (tertiary/aromatic N) is 3. The highest BCUT2D eigenvalue weighted by Gasteiger charge is 2.38. The van der Waals surface area contributed by atoms with Crippen molar-refractivity contribution in [3.05, 3.63) is 173 Å². The summed E-state index contributed by atoms with van der Waals surface area (Å²) in [6, 6.07) is 48.5. The van der Waals surface area contributed by atoms with Gasteiger partial charge in [0, 0.05) is 17.9 Å². The lowest BCUT2D eigenvalue weighted by molar-refractivity contribution is -0.0330. The first-order valence-corrected chi connectivity index (χ1v) is 23.8. The van der Waals surface area contributed by atoms with Gasteiger partial charge in [0.1, 0.15) is 22.5 Å². The molecule has 5 aromatic carbocycles. The van der Waals surface area contributed by atoms with E-state index in [1.54, 1.807) is 25.5 Å². The van der Waals surface area contributed by atoms with E-state index in [4.69, 9.17) is 23.6 Å². The van der Waals surface area contributed by atoms with Crippen LogP contribution in [0.25, 0.3) is 21.9 Å². The Morgan fingerprint density at radius 2 is 1.31 bits per heavy atom. The normalized spacial score (nSPS) is 12.9. The lowest BCUT2D eigenvalue weighted by atomic mass is 9.77. The molecule has 65 heavy (non-hydrogen) atoms. The van der Waals surface area contributed by atoms with Crippen LogP contribution in [0.15, 0.2) is 140 Å². The molecule has 2 N–H and O–H groups in total. The first kappa shape index (κ1) is 46.9. The molecule has 0 aliphatic heterocycles. The van der Waals surface area contributed by atoms with Gasteiger partial charge in [-0.05, 0) is 87.8 Å². The van der Waals surface area contributed by atoms with Crippen LogP contribution >= 0.6 is 0 Å². The van der Waals surface area contributed by atoms with Gasteiger partial charge < -0.3 is 19.4 Å². The number of benzene rings is 5. The van der Waals surface area contributed by atoms with Gasteiger partial charge in [-0.25, -0.2) is 14.8 Å². The molecule has 1 amide bonds. The van der Waals surface area contributed by atoms with Gasteiger partial charge in [0.2, 0.25) is 0 Å². The first-order chi connectivity index (χ1) is 31.1. The molecule has 7 rings (SSSR count). The van der Waals surface area contributed by atoms with Crippen molar-refractivity contribution >= 4 is 44.2 Å². The molecule has 0 saturated carbocycles. The van der Waals surface area contributed by atoms with Crippen LogP contribution in [0.3, 0.4) is 0 Å². The van der Waals surface area contributed by atoms with E-state index in [0.29, 0.717) is 12.4 Å². The smallest absolute Gasteiger partial charge is 0.423 e. The molecule has 0 saturated heterocycles. The fourth-order valence-electron chi connectivity index (χ4n) is 8.47. The van der Waals surface area contributed by atoms with E-state index in [9.17, 15) is 13.2 Å². The minimum atomic E-state index is -4.37. The van der Waals surface area contributed by atoms with Crippen LogP contribution in [-0.2, 0) is 42.5 Å². The zero-order chi connectivity index (χ0) is 46.2. The Labute approximate surface area is 383 Å². The Kier molecular flexibility index (Phi) is 14.4. The predicted molar refractivity (Wildman–Crippen MR) is 259 cm³/mol. The van der Waals surface area contributed by atoms with E-state index < -0.39 is 33.1 Å². The van der Waals surface area contributed by atoms with Crippen molar-refractivity contribution in [2.24, 2.45) is 0 Å². The van der Waals surface area contributed by atoms with Crippen LogP contribution in [0.5, 0.6) is 0 Å². The highest BCUT2D eigenvalue weighted by atomic mass is 32.2. The number of carbonyl (C=O) groups is 1. The summed E-state index contributed by atoms with van der Waals surface area (Å²) in [6.07, 6.45) is 1.80. The molecule has 12 heteroatoms. The van der Waals surface area contributed by atoms with E-state index in [-0.39, 0.29) is 25.6 Å². The molecule has 2 heterocycles. The van der Waals surface area contributed by atoms with E-state index in [0.717, 1.165) is 69.3 Å². The summed E-state index contributed by atoms with van der Waals surface area (Å²) in [7, 11) is -4.37. The maximum atomic E-state index is 12.5. The van der Waals surface area contributed by atoms with Gasteiger partial charge in [0.25, 0.3) is 0 Å². The van der Waals surface area contributed by atoms with Gasteiger partial charge in [0.05, 0.1) is 29.8 Å². The standard InChI is InChI=1S/C53H61N5O6S/c1-8-22-38(2)49-55-46-47(58(49)37-52(6,7)62-33-21-34-63-65(60,61)57-50(59)64-51(3,4)5)44-32-31-40(35-39-23-13-9-14-24-39)36-45(44)54-48(46)56-53(41-25-15-10-16-26-41,42-27-17-11-18-28-42)43-29-19-12-20-30-43/h9-20,23-32,36,38H,8,21-22,33-35,37H2,1-7H3,(H,54,56)(H,57,59). The van der Waals surface area contributed by atoms with Crippen LogP contribution in [0.4, 0.5) is 10.6 Å². The van der Waals surface area contributed by atoms with Crippen LogP contribution in [0.1, 0.15) is 107 Å². The van der Waals surface area contributed by atoms with Crippen molar-refractivity contribution in [2.45, 2.75) is 103 Å². The van der Waals surface area contributed by atoms with Gasteiger partial charge in [0.15, 0.2) is 5.82 Å². The number of anilines is 1. The summed E-state index contributed by atoms with van der Waals surface area (Å²) in [5, 5.41) is 5.06. The number of imidazole rings is 1. The molecule has 0 spiro atoms. The summed E-state index contributed by atoms with van der Waals surface area (Å²) in [6.45, 7) is 13.9. The maximum Gasteiger partial charge on any atom is 0.423 e. The lowest BCUT2D eigenvalue weighted by Gasteiger charge is -2.37. The molecule has 1 unspecified atom stereocenters. The average Bonchev–Trinajstić information content (AvgIpc) is 3.64. The van der Waals surface area contributed by atoms with Crippen molar-refractivity contribution in [3.63, 3.8) is 0 Å². The Bertz CT molecular complexity index is 2700. The summed E-state index contributed by atoms with van der Waals surface area (Å²) in [5.41, 5.74) is 5.59. The van der Waals surface area contributed by atoms with Gasteiger partial charge in [-0.15, -0.1) is 0 Å². The summed E-state index contributed by atoms with van der Waals surface area (Å²) in [5.74, 6) is 1.68. The van der Waals surface area contributed by atoms with E-state index in [1.807, 2.05) is 38.1 Å². The number of amides is 1. The molecule has 1 atom stereocenters. The zero-order valence-electron chi connectivity index (χ0n) is 38.5. The molecule has 340 valence electrons. The minimum absolute atomic E-state index is 0.0988. The minimum Gasteiger partial charge on any atom is -0.443 e. The molecular formula is C53H61N5O6S. The molecule has 7 aromatic rings. The Morgan fingerprint density at radius 3 is 1.86 bits per heavy atom. The largest absolute Gasteiger partial charge is 0.443 e. The summed E-state index contributed by atoms with van der Waals surface area (Å²) < 4.78 is 45.7. The quantitative estimate of drug-likeness (QED) is 0.0601. The third-order valence-corrected chi connectivity index (χ3v) is 12.2. The van der Waals surface area contributed by atoms with Crippen molar-refractivity contribution < 1.29 is 26.9 Å². The monoisotopic (exact) mass is 895 g/mol. The van der Waals surface area contributed by atoms with E-state index in [2.05, 4.69) is 139 Å². The van der Waals surface area contributed by atoms with Gasteiger partial charge >= 0.3 is 16.4 Å². The van der Waals surface area contributed by atoms with Crippen LogP contribution in [-0.4, -0.2) is 53.5 Å². The van der Waals surface area contributed by atoms with Crippen molar-refractivity contribution in [1.29, 1.82) is 0 Å². The molecule has 11 nitrogen and oxygen atoms in total. The van der Waals surface area contributed by atoms with Gasteiger partial charge in [-0.2, -0.15) is 13.1 Å². The van der Waals surface area contributed by atoms with Crippen LogP contribution in [0.2, 0.25) is 0 Å². The van der Waals surface area contributed by atoms with E-state index in [1.165, 1.54) is 5.56 Å². The lowest BCUT2D eigenvalue weighted by Crippen LogP contribution is -2.38. The Hall–Kier alpha value is -6.08. The number of fused-ring (bicyclic) bond motifs is 3. The van der Waals surface area contributed by atoms with Crippen molar-refractivity contribution in [2.75, 3.05) is 18.5 Å². The predicted octanol–water partition coefficient (Wildman–Crippen LogP) is 11.5. The first-order valence-electron chi connectivity index (χ1n) is 22.4. The van der Waals surface area contributed by atoms with Crippen LogP contribution in [0, 0.1) is 0 Å². The number of ether oxygens (including phenoxy) is 2. The number of hydrogen-bond donors (Lipinski definition) is 2. The zero-order valence-corrected chi connectivity index (χ0v) is 39.3. The number of hydrogen-bond acceptors (Lipinski definition) is 9. The second kappa shape index (κ2) is 20.0. The van der Waals surface area contributed by atoms with Gasteiger partial charge in [-0.1, -0.05) is 154 Å². The highest BCUT2D eigenvalue weighted by molar-refractivity contribution is 7.85. The molecule has 0 fully saturated rings. The Balaban J connectivity index is 1.33. The molecule has 0 aliphatic carbocycles. The van der Waals surface area contributed by atoms with Crippen LogP contribution < -0.4 is 10.0 Å². The molecule has 0 bridgehead atoms.